The Kier molecular flexibility index (Phi) is 4.91. The molecule has 0 atom stereocenters. The van der Waals surface area contributed by atoms with Gasteiger partial charge >= 0.3 is 0 Å². The average molecular weight is 398 g/mol. The van der Waals surface area contributed by atoms with Crippen LogP contribution in [0.2, 0.25) is 0 Å². The van der Waals surface area contributed by atoms with Gasteiger partial charge in [0, 0.05) is 26.2 Å². The third-order valence-corrected chi connectivity index (χ3v) is 6.87. The van der Waals surface area contributed by atoms with E-state index < -0.39 is 10.0 Å². The van der Waals surface area contributed by atoms with Gasteiger partial charge in [-0.3, -0.25) is 0 Å². The molecular formula is C20H22N4O3S. The van der Waals surface area contributed by atoms with E-state index in [9.17, 15) is 8.42 Å². The van der Waals surface area contributed by atoms with Gasteiger partial charge in [0.05, 0.1) is 28.7 Å². The van der Waals surface area contributed by atoms with Gasteiger partial charge in [0.15, 0.2) is 5.82 Å². The van der Waals surface area contributed by atoms with Crippen molar-refractivity contribution >= 4 is 26.9 Å². The van der Waals surface area contributed by atoms with Crippen LogP contribution in [0.1, 0.15) is 5.69 Å². The maximum absolute atomic E-state index is 12.9. The minimum absolute atomic E-state index is 0.281. The number of sulfonamides is 1. The molecule has 7 nitrogen and oxygen atoms in total. The second-order valence-electron chi connectivity index (χ2n) is 6.69. The first-order valence-electron chi connectivity index (χ1n) is 9.11. The second kappa shape index (κ2) is 7.37. The summed E-state index contributed by atoms with van der Waals surface area (Å²) in [5, 5.41) is 0. The maximum atomic E-state index is 12.9. The number of hydrogen-bond acceptors (Lipinski definition) is 6. The average Bonchev–Trinajstić information content (AvgIpc) is 2.73. The van der Waals surface area contributed by atoms with Crippen LogP contribution in [0.15, 0.2) is 53.4 Å². The van der Waals surface area contributed by atoms with Crippen molar-refractivity contribution in [3.05, 3.63) is 54.2 Å². The fourth-order valence-corrected chi connectivity index (χ4v) is 4.84. The van der Waals surface area contributed by atoms with Crippen LogP contribution in [-0.2, 0) is 10.0 Å². The third-order valence-electron chi connectivity index (χ3n) is 4.96. The normalized spacial score (nSPS) is 15.7. The van der Waals surface area contributed by atoms with E-state index in [2.05, 4.69) is 9.88 Å². The molecule has 0 saturated carbocycles. The quantitative estimate of drug-likeness (QED) is 0.672. The van der Waals surface area contributed by atoms with Crippen LogP contribution in [0.25, 0.3) is 11.0 Å². The van der Waals surface area contributed by atoms with E-state index in [0.29, 0.717) is 31.9 Å². The standard InChI is InChI=1S/C20H22N4O3S/c1-15-20(22-19-6-4-3-5-18(19)21-15)23-11-13-24(14-12-23)28(25,26)17-9-7-16(27-2)8-10-17/h3-10H,11-14H2,1-2H3. The number of fused-ring (bicyclic) bond motifs is 1. The lowest BCUT2D eigenvalue weighted by Gasteiger charge is -2.35. The summed E-state index contributed by atoms with van der Waals surface area (Å²) >= 11 is 0. The predicted molar refractivity (Wildman–Crippen MR) is 108 cm³/mol. The van der Waals surface area contributed by atoms with Crippen molar-refractivity contribution in [2.45, 2.75) is 11.8 Å². The number of piperazine rings is 1. The summed E-state index contributed by atoms with van der Waals surface area (Å²) < 4.78 is 32.4. The number of aryl methyl sites for hydroxylation is 1. The molecule has 0 radical (unpaired) electrons. The Morgan fingerprint density at radius 1 is 0.893 bits per heavy atom. The first-order chi connectivity index (χ1) is 13.5. The second-order valence-corrected chi connectivity index (χ2v) is 8.63. The van der Waals surface area contributed by atoms with E-state index in [1.807, 2.05) is 31.2 Å². The van der Waals surface area contributed by atoms with E-state index in [1.54, 1.807) is 31.4 Å². The molecule has 1 saturated heterocycles. The van der Waals surface area contributed by atoms with Crippen molar-refractivity contribution in [1.82, 2.24) is 14.3 Å². The molecule has 0 N–H and O–H groups in total. The summed E-state index contributed by atoms with van der Waals surface area (Å²) in [5.74, 6) is 1.45. The van der Waals surface area contributed by atoms with Gasteiger partial charge in [-0.25, -0.2) is 18.4 Å². The number of aromatic nitrogens is 2. The van der Waals surface area contributed by atoms with Crippen molar-refractivity contribution in [3.8, 4) is 5.75 Å². The van der Waals surface area contributed by atoms with Crippen molar-refractivity contribution in [2.75, 3.05) is 38.2 Å². The zero-order valence-electron chi connectivity index (χ0n) is 15.9. The highest BCUT2D eigenvalue weighted by Gasteiger charge is 2.29. The van der Waals surface area contributed by atoms with Crippen molar-refractivity contribution in [2.24, 2.45) is 0 Å². The molecular weight excluding hydrogens is 376 g/mol. The minimum atomic E-state index is -3.52. The molecule has 0 unspecified atom stereocenters. The Morgan fingerprint density at radius 3 is 2.11 bits per heavy atom. The lowest BCUT2D eigenvalue weighted by molar-refractivity contribution is 0.383. The summed E-state index contributed by atoms with van der Waals surface area (Å²) in [5.41, 5.74) is 2.56. The first-order valence-corrected chi connectivity index (χ1v) is 10.6. The molecule has 2 heterocycles. The molecule has 1 aliphatic rings. The molecule has 4 rings (SSSR count). The number of benzene rings is 2. The Bertz CT molecular complexity index is 1090. The molecule has 0 spiro atoms. The number of rotatable bonds is 4. The zero-order chi connectivity index (χ0) is 19.7. The minimum Gasteiger partial charge on any atom is -0.497 e. The van der Waals surface area contributed by atoms with Gasteiger partial charge in [-0.2, -0.15) is 4.31 Å². The van der Waals surface area contributed by atoms with E-state index in [-0.39, 0.29) is 4.90 Å². The van der Waals surface area contributed by atoms with Crippen LogP contribution in [0.4, 0.5) is 5.82 Å². The fourth-order valence-electron chi connectivity index (χ4n) is 3.42. The summed E-state index contributed by atoms with van der Waals surface area (Å²) in [6, 6.07) is 14.3. The first kappa shape index (κ1) is 18.6. The molecule has 28 heavy (non-hydrogen) atoms. The Morgan fingerprint density at radius 2 is 1.50 bits per heavy atom. The maximum Gasteiger partial charge on any atom is 0.243 e. The predicted octanol–water partition coefficient (Wildman–Crippen LogP) is 2.46. The molecule has 1 fully saturated rings. The topological polar surface area (TPSA) is 75.6 Å². The number of para-hydroxylation sites is 2. The van der Waals surface area contributed by atoms with Crippen LogP contribution in [0, 0.1) is 6.92 Å². The van der Waals surface area contributed by atoms with Crippen LogP contribution in [-0.4, -0.2) is 56.0 Å². The van der Waals surface area contributed by atoms with Crippen LogP contribution >= 0.6 is 0 Å². The van der Waals surface area contributed by atoms with Crippen LogP contribution in [0.5, 0.6) is 5.75 Å². The number of hydrogen-bond donors (Lipinski definition) is 0. The van der Waals surface area contributed by atoms with Crippen molar-refractivity contribution in [1.29, 1.82) is 0 Å². The Hall–Kier alpha value is -2.71. The molecule has 3 aromatic rings. The number of methoxy groups -OCH3 is 1. The molecule has 146 valence electrons. The monoisotopic (exact) mass is 398 g/mol. The van der Waals surface area contributed by atoms with Gasteiger partial charge in [-0.05, 0) is 43.3 Å². The van der Waals surface area contributed by atoms with Crippen molar-refractivity contribution in [3.63, 3.8) is 0 Å². The molecule has 0 aliphatic carbocycles. The van der Waals surface area contributed by atoms with Crippen LogP contribution in [0.3, 0.4) is 0 Å². The molecule has 8 heteroatoms. The smallest absolute Gasteiger partial charge is 0.243 e. The Balaban J connectivity index is 1.52. The third kappa shape index (κ3) is 3.41. The van der Waals surface area contributed by atoms with Gasteiger partial charge in [0.25, 0.3) is 0 Å². The number of nitrogens with zero attached hydrogens (tertiary/aromatic N) is 4. The lowest BCUT2D eigenvalue weighted by Crippen LogP contribution is -2.49. The zero-order valence-corrected chi connectivity index (χ0v) is 16.7. The van der Waals surface area contributed by atoms with E-state index in [0.717, 1.165) is 22.5 Å². The van der Waals surface area contributed by atoms with Gasteiger partial charge in [-0.15, -0.1) is 0 Å². The molecule has 2 aromatic carbocycles. The van der Waals surface area contributed by atoms with E-state index >= 15 is 0 Å². The molecule has 0 amide bonds. The molecule has 1 aromatic heterocycles. The summed E-state index contributed by atoms with van der Waals surface area (Å²) in [4.78, 5) is 11.8. The molecule has 1 aliphatic heterocycles. The Labute approximate surface area is 164 Å². The number of ether oxygens (including phenoxy) is 1. The van der Waals surface area contributed by atoms with E-state index in [4.69, 9.17) is 9.72 Å². The highest BCUT2D eigenvalue weighted by Crippen LogP contribution is 2.24. The highest BCUT2D eigenvalue weighted by atomic mass is 32.2. The van der Waals surface area contributed by atoms with Gasteiger partial charge in [0.2, 0.25) is 10.0 Å². The van der Waals surface area contributed by atoms with Crippen molar-refractivity contribution < 1.29 is 13.2 Å². The van der Waals surface area contributed by atoms with E-state index in [1.165, 1.54) is 4.31 Å². The summed E-state index contributed by atoms with van der Waals surface area (Å²) in [6.07, 6.45) is 0. The number of anilines is 1. The van der Waals surface area contributed by atoms with Gasteiger partial charge < -0.3 is 9.64 Å². The van der Waals surface area contributed by atoms with Crippen LogP contribution < -0.4 is 9.64 Å². The SMILES string of the molecule is COc1ccc(S(=O)(=O)N2CCN(c3nc4ccccc4nc3C)CC2)cc1. The highest BCUT2D eigenvalue weighted by molar-refractivity contribution is 7.89. The van der Waals surface area contributed by atoms with Gasteiger partial charge in [0.1, 0.15) is 5.75 Å². The fraction of sp³-hybridized carbons (Fsp3) is 0.300. The summed E-state index contributed by atoms with van der Waals surface area (Å²) in [7, 11) is -1.97. The molecule has 0 bridgehead atoms. The summed E-state index contributed by atoms with van der Waals surface area (Å²) in [6.45, 7) is 3.90. The largest absolute Gasteiger partial charge is 0.497 e. The van der Waals surface area contributed by atoms with Gasteiger partial charge in [-0.1, -0.05) is 12.1 Å². The lowest BCUT2D eigenvalue weighted by atomic mass is 10.2.